The molecule has 1 amide bonds. The number of nitrogens with one attached hydrogen (secondary N) is 1. The van der Waals surface area contributed by atoms with Crippen LogP contribution in [0.25, 0.3) is 16.7 Å². The van der Waals surface area contributed by atoms with Crippen LogP contribution < -0.4 is 10.9 Å². The van der Waals surface area contributed by atoms with Crippen LogP contribution in [0.2, 0.25) is 0 Å². The minimum Gasteiger partial charge on any atom is -0.353 e. The lowest BCUT2D eigenvalue weighted by Gasteiger charge is -2.33. The molecule has 0 unspecified atom stereocenters. The summed E-state index contributed by atoms with van der Waals surface area (Å²) < 4.78 is 3.42. The van der Waals surface area contributed by atoms with Crippen molar-refractivity contribution in [3.63, 3.8) is 0 Å². The van der Waals surface area contributed by atoms with Crippen molar-refractivity contribution in [3.05, 3.63) is 47.3 Å². The predicted molar refractivity (Wildman–Crippen MR) is 135 cm³/mol. The van der Waals surface area contributed by atoms with Crippen molar-refractivity contribution in [2.45, 2.75) is 56.3 Å². The Morgan fingerprint density at radius 3 is 2.68 bits per heavy atom. The van der Waals surface area contributed by atoms with E-state index in [0.717, 1.165) is 37.4 Å². The summed E-state index contributed by atoms with van der Waals surface area (Å²) in [6.07, 6.45) is 9.22. The first-order chi connectivity index (χ1) is 16.6. The SMILES string of the molecule is C=CCn1c(=O)c2ccccc2n2c(SCC(=O)NC3CCN(CC4CCCC4)CC3)nnc12. The number of hydrogen-bond acceptors (Lipinski definition) is 6. The van der Waals surface area contributed by atoms with Crippen molar-refractivity contribution in [1.29, 1.82) is 0 Å². The minimum atomic E-state index is -0.121. The highest BCUT2D eigenvalue weighted by molar-refractivity contribution is 7.99. The zero-order valence-electron chi connectivity index (χ0n) is 19.5. The third kappa shape index (κ3) is 4.77. The summed E-state index contributed by atoms with van der Waals surface area (Å²) in [5.41, 5.74) is 0.620. The Morgan fingerprint density at radius 2 is 1.91 bits per heavy atom. The molecule has 0 bridgehead atoms. The number of thioether (sulfide) groups is 1. The molecule has 3 aromatic rings. The Hall–Kier alpha value is -2.65. The number of carbonyl (C=O) groups excluding carboxylic acids is 1. The van der Waals surface area contributed by atoms with Crippen LogP contribution in [0.3, 0.4) is 0 Å². The van der Waals surface area contributed by atoms with E-state index in [1.807, 2.05) is 22.6 Å². The van der Waals surface area contributed by atoms with Crippen molar-refractivity contribution in [2.24, 2.45) is 5.92 Å². The lowest BCUT2D eigenvalue weighted by molar-refractivity contribution is -0.119. The Balaban J connectivity index is 1.23. The summed E-state index contributed by atoms with van der Waals surface area (Å²) >= 11 is 1.35. The van der Waals surface area contributed by atoms with Crippen LogP contribution in [-0.4, -0.2) is 61.4 Å². The van der Waals surface area contributed by atoms with Crippen LogP contribution in [0.5, 0.6) is 0 Å². The molecule has 1 aromatic carbocycles. The number of fused-ring (bicyclic) bond motifs is 3. The molecular formula is C25H32N6O2S. The summed E-state index contributed by atoms with van der Waals surface area (Å²) in [5.74, 6) is 1.61. The van der Waals surface area contributed by atoms with E-state index in [2.05, 4.69) is 27.0 Å². The number of piperidine rings is 1. The number of hydrogen-bond donors (Lipinski definition) is 1. The molecule has 1 saturated heterocycles. The van der Waals surface area contributed by atoms with Crippen molar-refractivity contribution in [3.8, 4) is 0 Å². The molecule has 1 aliphatic heterocycles. The monoisotopic (exact) mass is 480 g/mol. The molecule has 1 N–H and O–H groups in total. The van der Waals surface area contributed by atoms with E-state index in [-0.39, 0.29) is 23.3 Å². The second-order valence-corrected chi connectivity index (χ2v) is 10.4. The van der Waals surface area contributed by atoms with E-state index in [9.17, 15) is 9.59 Å². The van der Waals surface area contributed by atoms with E-state index in [1.165, 1.54) is 44.0 Å². The average molecular weight is 481 g/mol. The van der Waals surface area contributed by atoms with Gasteiger partial charge in [-0.05, 0) is 43.7 Å². The molecule has 8 nitrogen and oxygen atoms in total. The molecule has 3 heterocycles. The minimum absolute atomic E-state index is 0.0136. The highest BCUT2D eigenvalue weighted by atomic mass is 32.2. The number of carbonyl (C=O) groups is 1. The number of amides is 1. The average Bonchev–Trinajstić information content (AvgIpc) is 3.52. The van der Waals surface area contributed by atoms with E-state index >= 15 is 0 Å². The Labute approximate surface area is 203 Å². The number of aromatic nitrogens is 4. The highest BCUT2D eigenvalue weighted by Gasteiger charge is 2.24. The van der Waals surface area contributed by atoms with Gasteiger partial charge in [0.05, 0.1) is 16.7 Å². The van der Waals surface area contributed by atoms with Crippen LogP contribution in [0.1, 0.15) is 38.5 Å². The molecule has 5 rings (SSSR count). The molecule has 1 saturated carbocycles. The lowest BCUT2D eigenvalue weighted by Crippen LogP contribution is -2.46. The normalized spacial score (nSPS) is 18.1. The maximum absolute atomic E-state index is 12.9. The molecule has 2 aliphatic rings. The van der Waals surface area contributed by atoms with E-state index in [0.29, 0.717) is 22.9 Å². The van der Waals surface area contributed by atoms with Gasteiger partial charge in [-0.15, -0.1) is 16.8 Å². The maximum Gasteiger partial charge on any atom is 0.263 e. The molecule has 9 heteroatoms. The van der Waals surface area contributed by atoms with Crippen molar-refractivity contribution < 1.29 is 4.79 Å². The zero-order chi connectivity index (χ0) is 23.5. The van der Waals surface area contributed by atoms with Crippen LogP contribution in [0, 0.1) is 5.92 Å². The van der Waals surface area contributed by atoms with Gasteiger partial charge in [-0.1, -0.05) is 42.8 Å². The standard InChI is InChI=1S/C25H32N6O2S/c1-2-13-30-23(33)20-9-5-6-10-21(20)31-24(30)27-28-25(31)34-17-22(32)26-19-11-14-29(15-12-19)16-18-7-3-4-8-18/h2,5-6,9-10,18-19H,1,3-4,7-8,11-17H2,(H,26,32). The third-order valence-electron chi connectivity index (χ3n) is 7.07. The number of nitrogens with zero attached hydrogens (tertiary/aromatic N) is 5. The summed E-state index contributed by atoms with van der Waals surface area (Å²) in [5, 5.41) is 13.0. The van der Waals surface area contributed by atoms with Gasteiger partial charge in [-0.3, -0.25) is 18.6 Å². The fourth-order valence-electron chi connectivity index (χ4n) is 5.34. The fraction of sp³-hybridized carbons (Fsp3) is 0.520. The number of likely N-dealkylation sites (tertiary alicyclic amines) is 1. The quantitative estimate of drug-likeness (QED) is 0.394. The smallest absolute Gasteiger partial charge is 0.263 e. The fourth-order valence-corrected chi connectivity index (χ4v) is 6.09. The Bertz CT molecular complexity index is 1240. The Morgan fingerprint density at radius 1 is 1.15 bits per heavy atom. The first-order valence-corrected chi connectivity index (χ1v) is 13.2. The summed E-state index contributed by atoms with van der Waals surface area (Å²) in [4.78, 5) is 28.2. The van der Waals surface area contributed by atoms with Gasteiger partial charge >= 0.3 is 0 Å². The van der Waals surface area contributed by atoms with Gasteiger partial charge in [0.2, 0.25) is 11.7 Å². The van der Waals surface area contributed by atoms with Crippen LogP contribution in [0.4, 0.5) is 0 Å². The van der Waals surface area contributed by atoms with Gasteiger partial charge in [0.25, 0.3) is 5.56 Å². The molecular weight excluding hydrogens is 448 g/mol. The first-order valence-electron chi connectivity index (χ1n) is 12.3. The number of rotatable bonds is 8. The number of allylic oxidation sites excluding steroid dienone is 1. The van der Waals surface area contributed by atoms with Crippen molar-refractivity contribution >= 4 is 34.3 Å². The molecule has 2 aromatic heterocycles. The largest absolute Gasteiger partial charge is 0.353 e. The van der Waals surface area contributed by atoms with E-state index in [1.54, 1.807) is 16.7 Å². The zero-order valence-corrected chi connectivity index (χ0v) is 20.3. The second-order valence-electron chi connectivity index (χ2n) is 9.42. The molecule has 2 fully saturated rings. The molecule has 0 spiro atoms. The number of benzene rings is 1. The van der Waals surface area contributed by atoms with Crippen molar-refractivity contribution in [1.82, 2.24) is 29.4 Å². The number of para-hydroxylation sites is 1. The first kappa shape index (κ1) is 23.1. The van der Waals surface area contributed by atoms with Crippen LogP contribution in [-0.2, 0) is 11.3 Å². The Kier molecular flexibility index (Phi) is 7.01. The molecule has 1 aliphatic carbocycles. The van der Waals surface area contributed by atoms with Gasteiger partial charge in [-0.25, -0.2) is 0 Å². The van der Waals surface area contributed by atoms with Gasteiger partial charge in [0.15, 0.2) is 5.16 Å². The molecule has 180 valence electrons. The highest BCUT2D eigenvalue weighted by Crippen LogP contribution is 2.26. The summed E-state index contributed by atoms with van der Waals surface area (Å²) in [7, 11) is 0. The summed E-state index contributed by atoms with van der Waals surface area (Å²) in [6, 6.07) is 7.66. The second kappa shape index (κ2) is 10.3. The van der Waals surface area contributed by atoms with Gasteiger partial charge in [0, 0.05) is 32.2 Å². The molecule has 34 heavy (non-hydrogen) atoms. The topological polar surface area (TPSA) is 84.5 Å². The maximum atomic E-state index is 12.9. The predicted octanol–water partition coefficient (Wildman–Crippen LogP) is 3.09. The van der Waals surface area contributed by atoms with E-state index in [4.69, 9.17) is 0 Å². The lowest BCUT2D eigenvalue weighted by atomic mass is 10.0. The molecule has 0 radical (unpaired) electrons. The summed E-state index contributed by atoms with van der Waals surface area (Å²) in [6.45, 7) is 7.46. The van der Waals surface area contributed by atoms with Crippen LogP contribution >= 0.6 is 11.8 Å². The van der Waals surface area contributed by atoms with Crippen molar-refractivity contribution in [2.75, 3.05) is 25.4 Å². The van der Waals surface area contributed by atoms with E-state index < -0.39 is 0 Å². The van der Waals surface area contributed by atoms with Gasteiger partial charge < -0.3 is 10.2 Å². The van der Waals surface area contributed by atoms with Gasteiger partial charge in [-0.2, -0.15) is 0 Å². The van der Waals surface area contributed by atoms with Crippen LogP contribution in [0.15, 0.2) is 46.9 Å². The third-order valence-corrected chi connectivity index (χ3v) is 8.00. The van der Waals surface area contributed by atoms with Gasteiger partial charge in [0.1, 0.15) is 0 Å². The molecule has 0 atom stereocenters.